The predicted molar refractivity (Wildman–Crippen MR) is 130 cm³/mol. The zero-order valence-corrected chi connectivity index (χ0v) is 21.3. The van der Waals surface area contributed by atoms with Crippen LogP contribution in [0.15, 0.2) is 0 Å². The molecule has 6 heteroatoms. The minimum Gasteiger partial charge on any atom is -0.465 e. The van der Waals surface area contributed by atoms with Gasteiger partial charge in [0.05, 0.1) is 44.1 Å². The van der Waals surface area contributed by atoms with Crippen molar-refractivity contribution in [1.82, 2.24) is 0 Å². The molecular formula is C27H50O6. The zero-order valence-electron chi connectivity index (χ0n) is 21.3. The first-order chi connectivity index (χ1) is 16.2. The van der Waals surface area contributed by atoms with E-state index in [0.717, 1.165) is 51.4 Å². The molecule has 1 N–H and O–H groups in total. The molecule has 0 aromatic heterocycles. The molecule has 2 fully saturated rings. The van der Waals surface area contributed by atoms with Crippen LogP contribution < -0.4 is 0 Å². The van der Waals surface area contributed by atoms with Crippen molar-refractivity contribution in [2.75, 3.05) is 33.5 Å². The number of methoxy groups -OCH3 is 1. The van der Waals surface area contributed by atoms with Gasteiger partial charge in [-0.2, -0.15) is 0 Å². The Hall–Kier alpha value is -0.690. The normalized spacial score (nSPS) is 28.0. The molecule has 0 aromatic carbocycles. The van der Waals surface area contributed by atoms with E-state index in [1.807, 2.05) is 0 Å². The van der Waals surface area contributed by atoms with Crippen LogP contribution in [0.5, 0.6) is 0 Å². The Bertz CT molecular complexity index is 491. The largest absolute Gasteiger partial charge is 0.465 e. The van der Waals surface area contributed by atoms with E-state index in [2.05, 4.69) is 6.92 Å². The van der Waals surface area contributed by atoms with Crippen LogP contribution in [0.3, 0.4) is 0 Å². The molecule has 0 heterocycles. The smallest absolute Gasteiger partial charge is 0.309 e. The fourth-order valence-corrected chi connectivity index (χ4v) is 5.18. The van der Waals surface area contributed by atoms with Crippen molar-refractivity contribution < 1.29 is 28.8 Å². The van der Waals surface area contributed by atoms with Crippen LogP contribution in [0, 0.1) is 11.8 Å². The highest BCUT2D eigenvalue weighted by molar-refractivity contribution is 5.72. The molecule has 2 aliphatic rings. The molecule has 194 valence electrons. The molecule has 0 aliphatic heterocycles. The lowest BCUT2D eigenvalue weighted by molar-refractivity contribution is -0.156. The van der Waals surface area contributed by atoms with Crippen molar-refractivity contribution in [2.24, 2.45) is 11.8 Å². The highest BCUT2D eigenvalue weighted by Crippen LogP contribution is 2.30. The fourth-order valence-electron chi connectivity index (χ4n) is 5.18. The molecule has 6 nitrogen and oxygen atoms in total. The van der Waals surface area contributed by atoms with Gasteiger partial charge in [-0.25, -0.2) is 0 Å². The van der Waals surface area contributed by atoms with Gasteiger partial charge in [-0.15, -0.1) is 0 Å². The second-order valence-corrected chi connectivity index (χ2v) is 10.0. The highest BCUT2D eigenvalue weighted by atomic mass is 16.6. The summed E-state index contributed by atoms with van der Waals surface area (Å²) in [4.78, 5) is 12.5. The van der Waals surface area contributed by atoms with Gasteiger partial charge in [0.2, 0.25) is 0 Å². The van der Waals surface area contributed by atoms with Crippen LogP contribution in [0.2, 0.25) is 0 Å². The summed E-state index contributed by atoms with van der Waals surface area (Å²) in [5, 5.41) is 9.24. The molecule has 3 unspecified atom stereocenters. The average molecular weight is 471 g/mol. The summed E-state index contributed by atoms with van der Waals surface area (Å²) in [6.45, 7) is 4.22. The molecule has 0 radical (unpaired) electrons. The second kappa shape index (κ2) is 17.7. The van der Waals surface area contributed by atoms with Crippen LogP contribution in [0.1, 0.15) is 103 Å². The number of unbranched alkanes of at least 4 members (excludes halogenated alkanes) is 7. The second-order valence-electron chi connectivity index (χ2n) is 10.0. The number of carbonyl (C=O) groups is 1. The highest BCUT2D eigenvalue weighted by Gasteiger charge is 2.35. The molecule has 0 bridgehead atoms. The Morgan fingerprint density at radius 3 is 2.12 bits per heavy atom. The number of aliphatic hydroxyl groups is 1. The number of hydrogen-bond donors (Lipinski definition) is 1. The average Bonchev–Trinajstić information content (AvgIpc) is 2.85. The molecule has 0 saturated heterocycles. The number of rotatable bonds is 17. The molecular weight excluding hydrogens is 420 g/mol. The van der Waals surface area contributed by atoms with E-state index in [-0.39, 0.29) is 24.1 Å². The summed E-state index contributed by atoms with van der Waals surface area (Å²) in [6.07, 6.45) is 16.6. The maximum absolute atomic E-state index is 12.5. The first-order valence-electron chi connectivity index (χ1n) is 13.7. The van der Waals surface area contributed by atoms with E-state index in [1.54, 1.807) is 7.11 Å². The molecule has 2 saturated carbocycles. The number of aliphatic hydroxyl groups excluding tert-OH is 1. The van der Waals surface area contributed by atoms with Crippen LogP contribution in [-0.2, 0) is 23.7 Å². The summed E-state index contributed by atoms with van der Waals surface area (Å²) in [7, 11) is 1.70. The van der Waals surface area contributed by atoms with Crippen molar-refractivity contribution in [1.29, 1.82) is 0 Å². The third-order valence-electron chi connectivity index (χ3n) is 7.43. The topological polar surface area (TPSA) is 74.2 Å². The van der Waals surface area contributed by atoms with Gasteiger partial charge in [0.25, 0.3) is 0 Å². The third-order valence-corrected chi connectivity index (χ3v) is 7.43. The molecule has 3 atom stereocenters. The maximum atomic E-state index is 12.5. The van der Waals surface area contributed by atoms with Crippen molar-refractivity contribution >= 4 is 5.97 Å². The predicted octanol–water partition coefficient (Wildman–Crippen LogP) is 5.44. The number of hydrogen-bond acceptors (Lipinski definition) is 6. The Morgan fingerprint density at radius 2 is 1.45 bits per heavy atom. The van der Waals surface area contributed by atoms with Crippen LogP contribution in [-0.4, -0.2) is 62.9 Å². The fraction of sp³-hybridized carbons (Fsp3) is 0.963. The lowest BCUT2D eigenvalue weighted by Gasteiger charge is -2.34. The maximum Gasteiger partial charge on any atom is 0.309 e. The van der Waals surface area contributed by atoms with Gasteiger partial charge in [0, 0.05) is 13.7 Å². The summed E-state index contributed by atoms with van der Waals surface area (Å²) in [6, 6.07) is 0. The van der Waals surface area contributed by atoms with E-state index >= 15 is 0 Å². The first-order valence-corrected chi connectivity index (χ1v) is 13.7. The van der Waals surface area contributed by atoms with E-state index in [4.69, 9.17) is 18.9 Å². The molecule has 2 aliphatic carbocycles. The monoisotopic (exact) mass is 470 g/mol. The number of carbonyl (C=O) groups excluding carboxylic acids is 1. The van der Waals surface area contributed by atoms with Gasteiger partial charge in [0.15, 0.2) is 0 Å². The minimum atomic E-state index is -0.0817. The third kappa shape index (κ3) is 11.5. The first kappa shape index (κ1) is 28.5. The summed E-state index contributed by atoms with van der Waals surface area (Å²) >= 11 is 0. The standard InChI is InChI=1S/C27H50O6/c1-3-4-5-6-7-8-9-10-17-33-27(29)23-13-16-25(26(20-23)30-2)32-19-18-31-24-14-11-22(21-28)12-15-24/h22-26,28H,3-21H2,1-2H3. The number of esters is 1. The van der Waals surface area contributed by atoms with Gasteiger partial charge in [0.1, 0.15) is 0 Å². The van der Waals surface area contributed by atoms with E-state index < -0.39 is 0 Å². The SMILES string of the molecule is CCCCCCCCCCOC(=O)C1CCC(OCCOC2CCC(CO)CC2)C(OC)C1. The molecule has 0 amide bonds. The molecule has 0 aromatic rings. The molecule has 2 rings (SSSR count). The Labute approximate surface area is 202 Å². The molecule has 33 heavy (non-hydrogen) atoms. The van der Waals surface area contributed by atoms with Gasteiger partial charge < -0.3 is 24.1 Å². The summed E-state index contributed by atoms with van der Waals surface area (Å²) < 4.78 is 23.3. The van der Waals surface area contributed by atoms with Crippen LogP contribution in [0.4, 0.5) is 0 Å². The van der Waals surface area contributed by atoms with E-state index in [0.29, 0.717) is 44.9 Å². The zero-order chi connectivity index (χ0) is 23.7. The van der Waals surface area contributed by atoms with Crippen LogP contribution >= 0.6 is 0 Å². The van der Waals surface area contributed by atoms with Crippen LogP contribution in [0.25, 0.3) is 0 Å². The Morgan fingerprint density at radius 1 is 0.788 bits per heavy atom. The lowest BCUT2D eigenvalue weighted by Crippen LogP contribution is -2.40. The van der Waals surface area contributed by atoms with Gasteiger partial charge >= 0.3 is 5.97 Å². The minimum absolute atomic E-state index is 0.0143. The molecule has 0 spiro atoms. The van der Waals surface area contributed by atoms with E-state index in [9.17, 15) is 9.90 Å². The summed E-state index contributed by atoms with van der Waals surface area (Å²) in [5.41, 5.74) is 0. The van der Waals surface area contributed by atoms with Gasteiger partial charge in [-0.1, -0.05) is 51.9 Å². The van der Waals surface area contributed by atoms with Gasteiger partial charge in [-0.05, 0) is 57.3 Å². The summed E-state index contributed by atoms with van der Waals surface area (Å²) in [5.74, 6) is 0.299. The van der Waals surface area contributed by atoms with Crippen molar-refractivity contribution in [3.05, 3.63) is 0 Å². The Kier molecular flexibility index (Phi) is 15.3. The van der Waals surface area contributed by atoms with Crippen molar-refractivity contribution in [2.45, 2.75) is 122 Å². The number of ether oxygens (including phenoxy) is 4. The Balaban J connectivity index is 1.52. The van der Waals surface area contributed by atoms with E-state index in [1.165, 1.54) is 38.5 Å². The lowest BCUT2D eigenvalue weighted by atomic mass is 9.85. The van der Waals surface area contributed by atoms with Crippen molar-refractivity contribution in [3.8, 4) is 0 Å². The van der Waals surface area contributed by atoms with Crippen molar-refractivity contribution in [3.63, 3.8) is 0 Å². The quantitative estimate of drug-likeness (QED) is 0.225. The van der Waals surface area contributed by atoms with Gasteiger partial charge in [-0.3, -0.25) is 4.79 Å².